The Morgan fingerprint density at radius 3 is 1.49 bits per heavy atom. The van der Waals surface area contributed by atoms with Crippen LogP contribution in [-0.2, 0) is 38.5 Å². The Hall–Kier alpha value is -1.99. The van der Waals surface area contributed by atoms with Crippen LogP contribution in [0.15, 0.2) is 42.5 Å². The molecule has 3 rings (SSSR count). The molecule has 2 N–H and O–H groups in total. The highest BCUT2D eigenvalue weighted by molar-refractivity contribution is 7.54. The van der Waals surface area contributed by atoms with Gasteiger partial charge in [-0.1, -0.05) is 90.8 Å². The molecular weight excluding hydrogens is 471 g/mol. The highest BCUT2D eigenvalue weighted by Crippen LogP contribution is 2.44. The van der Waals surface area contributed by atoms with Gasteiger partial charge in [0.2, 0.25) is 0 Å². The molecule has 37 heavy (non-hydrogen) atoms. The van der Waals surface area contributed by atoms with Gasteiger partial charge in [-0.2, -0.15) is 0 Å². The number of aryl methyl sites for hydroxylation is 4. The summed E-state index contributed by atoms with van der Waals surface area (Å²) in [5.74, 6) is 0. The van der Waals surface area contributed by atoms with Crippen LogP contribution >= 0.6 is 8.38 Å². The number of hydrogen-bond donors (Lipinski definition) is 2. The normalized spacial score (nSPS) is 11.5. The minimum absolute atomic E-state index is 0.674. The van der Waals surface area contributed by atoms with E-state index in [1.165, 1.54) is 70.2 Å². The van der Waals surface area contributed by atoms with Crippen molar-refractivity contribution in [2.45, 2.75) is 106 Å². The Morgan fingerprint density at radius 2 is 1.03 bits per heavy atom. The lowest BCUT2D eigenvalue weighted by molar-refractivity contribution is 0.497. The Labute approximate surface area is 227 Å². The first-order valence-electron chi connectivity index (χ1n) is 14.6. The van der Waals surface area contributed by atoms with Crippen LogP contribution in [0.4, 0.5) is 0 Å². The minimum atomic E-state index is -2.25. The number of unbranched alkanes of at least 4 members (excludes halogenated alkanes) is 2. The second kappa shape index (κ2) is 14.2. The van der Waals surface area contributed by atoms with Crippen molar-refractivity contribution in [1.82, 2.24) is 0 Å². The summed E-state index contributed by atoms with van der Waals surface area (Å²) >= 11 is 0. The van der Waals surface area contributed by atoms with E-state index < -0.39 is 8.38 Å². The van der Waals surface area contributed by atoms with Crippen molar-refractivity contribution in [2.75, 3.05) is 0 Å². The van der Waals surface area contributed by atoms with E-state index in [0.29, 0.717) is 5.30 Å². The molecule has 3 aromatic rings. The number of benzene rings is 3. The molecule has 0 fully saturated rings. The molecule has 3 aromatic carbocycles. The number of rotatable bonds is 13. The fourth-order valence-corrected chi connectivity index (χ4v) is 6.56. The summed E-state index contributed by atoms with van der Waals surface area (Å²) in [4.78, 5) is 21.4. The molecule has 3 heteroatoms. The van der Waals surface area contributed by atoms with Crippen LogP contribution in [0.25, 0.3) is 22.3 Å². The van der Waals surface area contributed by atoms with Gasteiger partial charge >= 0.3 is 0 Å². The van der Waals surface area contributed by atoms with Crippen LogP contribution < -0.4 is 5.30 Å². The Morgan fingerprint density at radius 1 is 0.541 bits per heavy atom. The van der Waals surface area contributed by atoms with Crippen LogP contribution in [0, 0.1) is 0 Å². The lowest BCUT2D eigenvalue weighted by atomic mass is 9.80. The molecule has 2 nitrogen and oxygen atoms in total. The average Bonchev–Trinajstić information content (AvgIpc) is 2.93. The maximum absolute atomic E-state index is 10.7. The van der Waals surface area contributed by atoms with E-state index in [1.54, 1.807) is 0 Å². The summed E-state index contributed by atoms with van der Waals surface area (Å²) in [5, 5.41) is 0.674. The summed E-state index contributed by atoms with van der Waals surface area (Å²) in [6.45, 7) is 13.5. The summed E-state index contributed by atoms with van der Waals surface area (Å²) in [6.07, 6.45) is 10.6. The lowest BCUT2D eigenvalue weighted by Gasteiger charge is -2.26. The van der Waals surface area contributed by atoms with E-state index >= 15 is 0 Å². The highest BCUT2D eigenvalue weighted by Gasteiger charge is 2.25. The van der Waals surface area contributed by atoms with E-state index in [0.717, 1.165) is 49.7 Å². The van der Waals surface area contributed by atoms with E-state index in [4.69, 9.17) is 0 Å². The maximum atomic E-state index is 10.7. The van der Waals surface area contributed by atoms with E-state index in [2.05, 4.69) is 71.9 Å². The van der Waals surface area contributed by atoms with Crippen molar-refractivity contribution in [2.24, 2.45) is 0 Å². The van der Waals surface area contributed by atoms with Crippen LogP contribution in [0.2, 0.25) is 0 Å². The molecule has 0 radical (unpaired) electrons. The zero-order chi connectivity index (χ0) is 26.9. The largest absolute Gasteiger partial charge is 0.347 e. The Bertz CT molecular complexity index is 1180. The minimum Gasteiger partial charge on any atom is -0.347 e. The van der Waals surface area contributed by atoms with Gasteiger partial charge in [0.05, 0.1) is 0 Å². The molecule has 0 bridgehead atoms. The smallest absolute Gasteiger partial charge is 0.200 e. The second-order valence-corrected chi connectivity index (χ2v) is 11.1. The third-order valence-corrected chi connectivity index (χ3v) is 8.64. The van der Waals surface area contributed by atoms with Gasteiger partial charge < -0.3 is 9.79 Å². The zero-order valence-electron chi connectivity index (χ0n) is 24.0. The SMILES string of the molecule is CCCCc1ccc(CC)c(-c2cccc(P(O)O)c2-c2c(CC)ccc(CCCC)c2CC)c1CC. The molecule has 0 unspecified atom stereocenters. The van der Waals surface area contributed by atoms with Gasteiger partial charge in [0, 0.05) is 10.9 Å². The van der Waals surface area contributed by atoms with Crippen molar-refractivity contribution in [1.29, 1.82) is 0 Å². The van der Waals surface area contributed by atoms with E-state index in [-0.39, 0.29) is 0 Å². The highest BCUT2D eigenvalue weighted by atomic mass is 31.2. The van der Waals surface area contributed by atoms with Crippen molar-refractivity contribution in [3.8, 4) is 22.3 Å². The molecule has 0 atom stereocenters. The van der Waals surface area contributed by atoms with Crippen LogP contribution in [-0.4, -0.2) is 9.79 Å². The van der Waals surface area contributed by atoms with Crippen LogP contribution in [0.1, 0.15) is 101 Å². The standard InChI is InChI=1S/C34H47O2P/c1-7-13-16-26-22-20-24(9-3)32(28(26)11-5)30-18-15-19-31(37(35)36)34(30)33-25(10-4)21-23-27(17-14-8-2)29(33)12-6/h15,18-23,35-36H,7-14,16-17H2,1-6H3. The third kappa shape index (κ3) is 6.36. The van der Waals surface area contributed by atoms with Gasteiger partial charge in [-0.15, -0.1) is 0 Å². The molecule has 200 valence electrons. The van der Waals surface area contributed by atoms with Gasteiger partial charge in [0.1, 0.15) is 0 Å². The molecule has 0 aliphatic rings. The predicted octanol–water partition coefficient (Wildman–Crippen LogP) is 8.88. The monoisotopic (exact) mass is 518 g/mol. The molecule has 0 saturated carbocycles. The average molecular weight is 519 g/mol. The molecule has 0 saturated heterocycles. The van der Waals surface area contributed by atoms with Crippen molar-refractivity contribution in [3.05, 3.63) is 75.8 Å². The molecular formula is C34H47O2P. The van der Waals surface area contributed by atoms with Crippen LogP contribution in [0.3, 0.4) is 0 Å². The fourth-order valence-electron chi connectivity index (χ4n) is 5.90. The van der Waals surface area contributed by atoms with Crippen molar-refractivity contribution >= 4 is 13.7 Å². The van der Waals surface area contributed by atoms with Gasteiger partial charge in [-0.05, 0) is 108 Å². The van der Waals surface area contributed by atoms with E-state index in [9.17, 15) is 9.79 Å². The first kappa shape index (κ1) is 29.6. The third-order valence-electron chi connectivity index (χ3n) is 7.84. The van der Waals surface area contributed by atoms with Crippen molar-refractivity contribution < 1.29 is 9.79 Å². The summed E-state index contributed by atoms with van der Waals surface area (Å²) in [7, 11) is -2.25. The molecule has 0 heterocycles. The topological polar surface area (TPSA) is 40.5 Å². The molecule has 0 aromatic heterocycles. The molecule has 0 aliphatic carbocycles. The molecule has 0 spiro atoms. The summed E-state index contributed by atoms with van der Waals surface area (Å²) < 4.78 is 0. The number of hydrogen-bond acceptors (Lipinski definition) is 2. The molecule has 0 amide bonds. The fraction of sp³-hybridized carbons (Fsp3) is 0.471. The first-order valence-corrected chi connectivity index (χ1v) is 15.8. The van der Waals surface area contributed by atoms with Gasteiger partial charge in [0.15, 0.2) is 8.38 Å². The molecule has 0 aliphatic heterocycles. The van der Waals surface area contributed by atoms with Crippen molar-refractivity contribution in [3.63, 3.8) is 0 Å². The second-order valence-electron chi connectivity index (χ2n) is 10.1. The van der Waals surface area contributed by atoms with Crippen LogP contribution in [0.5, 0.6) is 0 Å². The first-order chi connectivity index (χ1) is 18.0. The van der Waals surface area contributed by atoms with Gasteiger partial charge in [-0.3, -0.25) is 0 Å². The Balaban J connectivity index is 2.48. The summed E-state index contributed by atoms with van der Waals surface area (Å²) in [5.41, 5.74) is 13.0. The zero-order valence-corrected chi connectivity index (χ0v) is 24.8. The van der Waals surface area contributed by atoms with E-state index in [1.807, 2.05) is 12.1 Å². The van der Waals surface area contributed by atoms with Gasteiger partial charge in [-0.25, -0.2) is 0 Å². The predicted molar refractivity (Wildman–Crippen MR) is 163 cm³/mol. The lowest BCUT2D eigenvalue weighted by Crippen LogP contribution is -2.12. The summed E-state index contributed by atoms with van der Waals surface area (Å²) in [6, 6.07) is 15.4. The maximum Gasteiger partial charge on any atom is 0.200 e. The Kier molecular flexibility index (Phi) is 11.4. The quantitative estimate of drug-likeness (QED) is 0.222. The van der Waals surface area contributed by atoms with Gasteiger partial charge in [0.25, 0.3) is 0 Å².